The van der Waals surface area contributed by atoms with Gasteiger partial charge in [-0.15, -0.1) is 0 Å². The quantitative estimate of drug-likeness (QED) is 0.770. The fourth-order valence-electron chi connectivity index (χ4n) is 1.29. The molecule has 1 aromatic carbocycles. The van der Waals surface area contributed by atoms with Crippen LogP contribution in [0.4, 0.5) is 5.69 Å². The van der Waals surface area contributed by atoms with E-state index in [-0.39, 0.29) is 6.04 Å². The number of nitrogens with one attached hydrogen (secondary N) is 2. The van der Waals surface area contributed by atoms with E-state index in [2.05, 4.69) is 55.3 Å². The van der Waals surface area contributed by atoms with Crippen LogP contribution in [-0.2, 0) is 6.42 Å². The largest absolute Gasteiger partial charge is 0.358 e. The highest BCUT2D eigenvalue weighted by molar-refractivity contribution is 5.49. The van der Waals surface area contributed by atoms with Gasteiger partial charge in [-0.1, -0.05) is 25.6 Å². The second-order valence-corrected chi connectivity index (χ2v) is 3.71. The van der Waals surface area contributed by atoms with Crippen molar-refractivity contribution in [1.82, 2.24) is 5.32 Å². The Labute approximate surface area is 92.4 Å². The number of likely N-dealkylation sites (N-methyl/N-ethyl adjacent to an activating group) is 1. The summed E-state index contributed by atoms with van der Waals surface area (Å²) in [5.74, 6) is 0. The smallest absolute Gasteiger partial charge is 0.0435 e. The lowest BCUT2D eigenvalue weighted by atomic mass is 10.1. The van der Waals surface area contributed by atoms with Gasteiger partial charge in [0.05, 0.1) is 0 Å². The van der Waals surface area contributed by atoms with E-state index in [0.29, 0.717) is 0 Å². The number of benzene rings is 1. The van der Waals surface area contributed by atoms with Crippen molar-refractivity contribution in [3.63, 3.8) is 0 Å². The van der Waals surface area contributed by atoms with Gasteiger partial charge >= 0.3 is 0 Å². The van der Waals surface area contributed by atoms with Crippen LogP contribution >= 0.6 is 0 Å². The fourth-order valence-corrected chi connectivity index (χ4v) is 1.29. The van der Waals surface area contributed by atoms with Crippen LogP contribution in [0.2, 0.25) is 0 Å². The summed E-state index contributed by atoms with van der Waals surface area (Å²) in [6.07, 6.45) is 1.08. The average molecular weight is 204 g/mol. The minimum Gasteiger partial charge on any atom is -0.358 e. The SMILES string of the molecule is C=C(Nc1ccc(CC)cc1)C(C)NC. The van der Waals surface area contributed by atoms with Gasteiger partial charge in [0, 0.05) is 17.4 Å². The van der Waals surface area contributed by atoms with Gasteiger partial charge in [-0.05, 0) is 38.1 Å². The van der Waals surface area contributed by atoms with Gasteiger partial charge in [0.2, 0.25) is 0 Å². The molecule has 0 spiro atoms. The molecule has 0 aliphatic rings. The Hall–Kier alpha value is -1.28. The Morgan fingerprint density at radius 3 is 2.40 bits per heavy atom. The molecule has 15 heavy (non-hydrogen) atoms. The summed E-state index contributed by atoms with van der Waals surface area (Å²) in [4.78, 5) is 0. The van der Waals surface area contributed by atoms with Gasteiger partial charge in [-0.25, -0.2) is 0 Å². The molecule has 2 heteroatoms. The summed E-state index contributed by atoms with van der Waals surface area (Å²) in [5.41, 5.74) is 3.44. The van der Waals surface area contributed by atoms with Crippen LogP contribution in [0, 0.1) is 0 Å². The van der Waals surface area contributed by atoms with E-state index in [0.717, 1.165) is 17.8 Å². The molecule has 0 radical (unpaired) electrons. The van der Waals surface area contributed by atoms with Crippen LogP contribution < -0.4 is 10.6 Å². The predicted octanol–water partition coefficient (Wildman–Crippen LogP) is 2.78. The molecule has 2 N–H and O–H groups in total. The van der Waals surface area contributed by atoms with Gasteiger partial charge in [-0.3, -0.25) is 0 Å². The van der Waals surface area contributed by atoms with Gasteiger partial charge in [0.25, 0.3) is 0 Å². The summed E-state index contributed by atoms with van der Waals surface area (Å²) in [7, 11) is 1.93. The molecule has 0 saturated carbocycles. The molecule has 0 saturated heterocycles. The topological polar surface area (TPSA) is 24.1 Å². The second-order valence-electron chi connectivity index (χ2n) is 3.71. The van der Waals surface area contributed by atoms with Crippen molar-refractivity contribution >= 4 is 5.69 Å². The molecule has 2 nitrogen and oxygen atoms in total. The van der Waals surface area contributed by atoms with Crippen LogP contribution in [0.5, 0.6) is 0 Å². The zero-order valence-corrected chi connectivity index (χ0v) is 9.80. The zero-order valence-electron chi connectivity index (χ0n) is 9.80. The minimum atomic E-state index is 0.274. The Bertz CT molecular complexity index is 314. The fraction of sp³-hybridized carbons (Fsp3) is 0.385. The molecule has 0 aliphatic heterocycles. The molecule has 0 fully saturated rings. The number of rotatable bonds is 5. The molecule has 0 aliphatic carbocycles. The lowest BCUT2D eigenvalue weighted by Crippen LogP contribution is -2.26. The first-order chi connectivity index (χ1) is 7.17. The third kappa shape index (κ3) is 3.40. The van der Waals surface area contributed by atoms with E-state index in [9.17, 15) is 0 Å². The first-order valence-corrected chi connectivity index (χ1v) is 5.39. The van der Waals surface area contributed by atoms with E-state index in [1.54, 1.807) is 0 Å². The third-order valence-electron chi connectivity index (χ3n) is 2.62. The van der Waals surface area contributed by atoms with E-state index in [4.69, 9.17) is 0 Å². The van der Waals surface area contributed by atoms with Crippen LogP contribution in [-0.4, -0.2) is 13.1 Å². The molecule has 0 amide bonds. The first kappa shape index (κ1) is 11.8. The average Bonchev–Trinajstić information content (AvgIpc) is 2.29. The molecule has 0 heterocycles. The zero-order chi connectivity index (χ0) is 11.3. The Morgan fingerprint density at radius 1 is 1.33 bits per heavy atom. The van der Waals surface area contributed by atoms with Crippen molar-refractivity contribution in [2.24, 2.45) is 0 Å². The first-order valence-electron chi connectivity index (χ1n) is 5.39. The lowest BCUT2D eigenvalue weighted by Gasteiger charge is -2.16. The molecule has 1 unspecified atom stereocenters. The van der Waals surface area contributed by atoms with Gasteiger partial charge in [0.1, 0.15) is 0 Å². The van der Waals surface area contributed by atoms with Crippen molar-refractivity contribution in [1.29, 1.82) is 0 Å². The minimum absolute atomic E-state index is 0.274. The number of hydrogen-bond donors (Lipinski definition) is 2. The van der Waals surface area contributed by atoms with Crippen molar-refractivity contribution in [2.75, 3.05) is 12.4 Å². The molecular weight excluding hydrogens is 184 g/mol. The van der Waals surface area contributed by atoms with Gasteiger partial charge in [0.15, 0.2) is 0 Å². The molecular formula is C13H20N2. The summed E-state index contributed by atoms with van der Waals surface area (Å²) in [6, 6.07) is 8.73. The van der Waals surface area contributed by atoms with E-state index in [1.807, 2.05) is 7.05 Å². The third-order valence-corrected chi connectivity index (χ3v) is 2.62. The molecule has 0 bridgehead atoms. The van der Waals surface area contributed by atoms with Gasteiger partial charge < -0.3 is 10.6 Å². The molecule has 1 atom stereocenters. The Balaban J connectivity index is 2.61. The maximum absolute atomic E-state index is 3.99. The molecule has 0 aromatic heterocycles. The molecule has 1 rings (SSSR count). The Morgan fingerprint density at radius 2 is 1.93 bits per heavy atom. The highest BCUT2D eigenvalue weighted by atomic mass is 15.0. The van der Waals surface area contributed by atoms with E-state index in [1.165, 1.54) is 5.56 Å². The number of anilines is 1. The van der Waals surface area contributed by atoms with Crippen LogP contribution in [0.3, 0.4) is 0 Å². The lowest BCUT2D eigenvalue weighted by molar-refractivity contribution is 0.698. The monoisotopic (exact) mass is 204 g/mol. The Kier molecular flexibility index (Phi) is 4.37. The number of aryl methyl sites for hydroxylation is 1. The normalized spacial score (nSPS) is 12.2. The molecule has 1 aromatic rings. The van der Waals surface area contributed by atoms with Crippen LogP contribution in [0.15, 0.2) is 36.5 Å². The summed E-state index contributed by atoms with van der Waals surface area (Å²) < 4.78 is 0. The highest BCUT2D eigenvalue weighted by Gasteiger charge is 2.02. The van der Waals surface area contributed by atoms with Crippen LogP contribution in [0.1, 0.15) is 19.4 Å². The predicted molar refractivity (Wildman–Crippen MR) is 67.1 cm³/mol. The standard InChI is InChI=1S/C13H20N2/c1-5-12-6-8-13(9-7-12)15-11(3)10(2)14-4/h6-10,14-15H,3,5H2,1-2,4H3. The summed E-state index contributed by atoms with van der Waals surface area (Å²) in [5, 5.41) is 6.43. The van der Waals surface area contributed by atoms with Crippen molar-refractivity contribution in [3.05, 3.63) is 42.1 Å². The van der Waals surface area contributed by atoms with Crippen molar-refractivity contribution in [2.45, 2.75) is 26.3 Å². The number of hydrogen-bond acceptors (Lipinski definition) is 2. The van der Waals surface area contributed by atoms with Crippen molar-refractivity contribution in [3.8, 4) is 0 Å². The summed E-state index contributed by atoms with van der Waals surface area (Å²) >= 11 is 0. The highest BCUT2D eigenvalue weighted by Crippen LogP contribution is 2.12. The van der Waals surface area contributed by atoms with E-state index >= 15 is 0 Å². The maximum Gasteiger partial charge on any atom is 0.0435 e. The van der Waals surface area contributed by atoms with Crippen LogP contribution in [0.25, 0.3) is 0 Å². The molecule has 82 valence electrons. The van der Waals surface area contributed by atoms with E-state index < -0.39 is 0 Å². The maximum atomic E-state index is 3.99. The summed E-state index contributed by atoms with van der Waals surface area (Å²) in [6.45, 7) is 8.23. The van der Waals surface area contributed by atoms with Crippen molar-refractivity contribution < 1.29 is 0 Å². The van der Waals surface area contributed by atoms with Gasteiger partial charge in [-0.2, -0.15) is 0 Å². The second kappa shape index (κ2) is 5.56.